The van der Waals surface area contributed by atoms with Crippen LogP contribution >= 0.6 is 0 Å². The molecule has 1 aliphatic heterocycles. The predicted octanol–water partition coefficient (Wildman–Crippen LogP) is 0.480. The van der Waals surface area contributed by atoms with Crippen LogP contribution in [0.5, 0.6) is 0 Å². The van der Waals surface area contributed by atoms with Crippen LogP contribution in [0.3, 0.4) is 0 Å². The van der Waals surface area contributed by atoms with Gasteiger partial charge in [-0.1, -0.05) is 25.1 Å². The van der Waals surface area contributed by atoms with Crippen molar-refractivity contribution in [1.82, 2.24) is 10.2 Å². The van der Waals surface area contributed by atoms with E-state index >= 15 is 0 Å². The molecule has 1 aromatic carbocycles. The number of sulfone groups is 1. The molecule has 1 aliphatic rings. The van der Waals surface area contributed by atoms with Crippen LogP contribution in [-0.4, -0.2) is 62.9 Å². The number of hydrogen-bond donors (Lipinski definition) is 1. The number of carbonyl (C=O) groups excluding carboxylic acids is 2. The third-order valence-electron chi connectivity index (χ3n) is 3.80. The zero-order valence-corrected chi connectivity index (χ0v) is 13.9. The fourth-order valence-electron chi connectivity index (χ4n) is 2.35. The van der Waals surface area contributed by atoms with Gasteiger partial charge in [0.25, 0.3) is 0 Å². The Balaban J connectivity index is 1.81. The zero-order chi connectivity index (χ0) is 16.9. The molecule has 126 valence electrons. The van der Waals surface area contributed by atoms with Gasteiger partial charge in [0.2, 0.25) is 15.7 Å². The largest absolute Gasteiger partial charge is 0.368 e. The van der Waals surface area contributed by atoms with Crippen LogP contribution in [0, 0.1) is 0 Å². The Kier molecular flexibility index (Phi) is 5.59. The van der Waals surface area contributed by atoms with Crippen molar-refractivity contribution in [3.05, 3.63) is 30.3 Å². The maximum Gasteiger partial charge on any atom is 0.336 e. The number of nitrogens with one attached hydrogen (secondary N) is 1. The van der Waals surface area contributed by atoms with E-state index in [1.54, 1.807) is 4.90 Å². The van der Waals surface area contributed by atoms with E-state index in [1.165, 1.54) is 6.92 Å². The Morgan fingerprint density at radius 1 is 1.09 bits per heavy atom. The van der Waals surface area contributed by atoms with Crippen LogP contribution < -0.4 is 10.2 Å². The summed E-state index contributed by atoms with van der Waals surface area (Å²) >= 11 is 0. The molecule has 23 heavy (non-hydrogen) atoms. The van der Waals surface area contributed by atoms with Crippen LogP contribution in [0.1, 0.15) is 6.92 Å². The van der Waals surface area contributed by atoms with Crippen LogP contribution in [0.4, 0.5) is 10.5 Å². The van der Waals surface area contributed by atoms with Gasteiger partial charge in [0.05, 0.1) is 12.3 Å². The summed E-state index contributed by atoms with van der Waals surface area (Å²) in [5.41, 5.74) is 1.11. The van der Waals surface area contributed by atoms with E-state index in [2.05, 4.69) is 10.2 Å². The lowest BCUT2D eigenvalue weighted by molar-refractivity contribution is -0.130. The average molecular weight is 339 g/mol. The summed E-state index contributed by atoms with van der Waals surface area (Å²) < 4.78 is 22.7. The van der Waals surface area contributed by atoms with Crippen molar-refractivity contribution in [2.45, 2.75) is 6.92 Å². The zero-order valence-electron chi connectivity index (χ0n) is 13.1. The SMILES string of the molecule is CCS(=O)(=O)C(=O)NCC(=O)N1CCN(c2ccccc2)CC1. The first-order chi connectivity index (χ1) is 10.9. The summed E-state index contributed by atoms with van der Waals surface area (Å²) in [5, 5.41) is 1.10. The fraction of sp³-hybridized carbons (Fsp3) is 0.467. The first-order valence-corrected chi connectivity index (χ1v) is 9.17. The van der Waals surface area contributed by atoms with E-state index in [4.69, 9.17) is 0 Å². The molecule has 1 fully saturated rings. The highest BCUT2D eigenvalue weighted by Crippen LogP contribution is 2.15. The fourth-order valence-corrected chi connectivity index (χ4v) is 2.91. The van der Waals surface area contributed by atoms with E-state index in [-0.39, 0.29) is 18.2 Å². The first-order valence-electron chi connectivity index (χ1n) is 7.52. The second-order valence-corrected chi connectivity index (χ2v) is 7.43. The van der Waals surface area contributed by atoms with E-state index in [0.29, 0.717) is 26.2 Å². The van der Waals surface area contributed by atoms with Gasteiger partial charge in [0.1, 0.15) is 0 Å². The van der Waals surface area contributed by atoms with Crippen molar-refractivity contribution in [2.24, 2.45) is 0 Å². The molecular formula is C15H21N3O4S. The van der Waals surface area contributed by atoms with Gasteiger partial charge in [-0.25, -0.2) is 8.42 Å². The number of benzene rings is 1. The minimum absolute atomic E-state index is 0.266. The Morgan fingerprint density at radius 2 is 1.70 bits per heavy atom. The van der Waals surface area contributed by atoms with Crippen molar-refractivity contribution < 1.29 is 18.0 Å². The lowest BCUT2D eigenvalue weighted by atomic mass is 10.2. The molecule has 0 aromatic heterocycles. The smallest absolute Gasteiger partial charge is 0.336 e. The summed E-state index contributed by atoms with van der Waals surface area (Å²) in [4.78, 5) is 27.3. The maximum atomic E-state index is 12.1. The van der Waals surface area contributed by atoms with Crippen LogP contribution in [0.15, 0.2) is 30.3 Å². The summed E-state index contributed by atoms with van der Waals surface area (Å²) in [6, 6.07) is 9.93. The topological polar surface area (TPSA) is 86.8 Å². The summed E-state index contributed by atoms with van der Waals surface area (Å²) in [7, 11) is -3.80. The molecule has 2 amide bonds. The molecule has 1 saturated heterocycles. The van der Waals surface area contributed by atoms with Gasteiger partial charge in [-0.15, -0.1) is 0 Å². The Bertz CT molecular complexity index is 653. The number of piperazine rings is 1. The van der Waals surface area contributed by atoms with Gasteiger partial charge in [0.15, 0.2) is 0 Å². The third kappa shape index (κ3) is 4.44. The predicted molar refractivity (Wildman–Crippen MR) is 88.1 cm³/mol. The van der Waals surface area contributed by atoms with E-state index in [9.17, 15) is 18.0 Å². The number of hydrogen-bond acceptors (Lipinski definition) is 5. The van der Waals surface area contributed by atoms with Gasteiger partial charge in [-0.3, -0.25) is 9.59 Å². The van der Waals surface area contributed by atoms with E-state index in [1.807, 2.05) is 30.3 Å². The molecule has 0 atom stereocenters. The van der Waals surface area contributed by atoms with Crippen molar-refractivity contribution in [3.63, 3.8) is 0 Å². The van der Waals surface area contributed by atoms with Gasteiger partial charge in [-0.05, 0) is 12.1 Å². The van der Waals surface area contributed by atoms with E-state index in [0.717, 1.165) is 5.69 Å². The molecule has 0 aliphatic carbocycles. The molecule has 1 N–H and O–H groups in total. The highest BCUT2D eigenvalue weighted by molar-refractivity contribution is 8.05. The molecule has 0 radical (unpaired) electrons. The minimum atomic E-state index is -3.80. The highest BCUT2D eigenvalue weighted by atomic mass is 32.2. The summed E-state index contributed by atoms with van der Waals surface area (Å²) in [6.07, 6.45) is 0. The van der Waals surface area contributed by atoms with E-state index < -0.39 is 15.1 Å². The number of nitrogens with zero attached hydrogens (tertiary/aromatic N) is 2. The molecule has 2 rings (SSSR count). The number of rotatable bonds is 4. The quantitative estimate of drug-likeness (QED) is 0.862. The maximum absolute atomic E-state index is 12.1. The Hall–Kier alpha value is -2.09. The Labute approximate surface area is 136 Å². The summed E-state index contributed by atoms with van der Waals surface area (Å²) in [6.45, 7) is 3.60. The second kappa shape index (κ2) is 7.45. The third-order valence-corrected chi connectivity index (χ3v) is 5.27. The normalized spacial score (nSPS) is 15.3. The molecular weight excluding hydrogens is 318 g/mol. The molecule has 0 bridgehead atoms. The highest BCUT2D eigenvalue weighted by Gasteiger charge is 2.24. The van der Waals surface area contributed by atoms with Crippen LogP contribution in [0.2, 0.25) is 0 Å². The van der Waals surface area contributed by atoms with Crippen LogP contribution in [-0.2, 0) is 14.6 Å². The number of anilines is 1. The number of amides is 2. The molecule has 1 aromatic rings. The number of carbonyl (C=O) groups is 2. The molecule has 1 heterocycles. The van der Waals surface area contributed by atoms with Gasteiger partial charge >= 0.3 is 5.24 Å². The molecule has 0 saturated carbocycles. The summed E-state index contributed by atoms with van der Waals surface area (Å²) in [5.74, 6) is -0.541. The monoisotopic (exact) mass is 339 g/mol. The first kappa shape index (κ1) is 17.3. The van der Waals surface area contributed by atoms with Crippen molar-refractivity contribution in [1.29, 1.82) is 0 Å². The molecule has 7 nitrogen and oxygen atoms in total. The van der Waals surface area contributed by atoms with Crippen LogP contribution in [0.25, 0.3) is 0 Å². The second-order valence-electron chi connectivity index (χ2n) is 5.25. The molecule has 0 spiro atoms. The molecule has 0 unspecified atom stereocenters. The Morgan fingerprint density at radius 3 is 2.26 bits per heavy atom. The minimum Gasteiger partial charge on any atom is -0.368 e. The van der Waals surface area contributed by atoms with Gasteiger partial charge in [0, 0.05) is 31.9 Å². The molecule has 8 heteroatoms. The lowest BCUT2D eigenvalue weighted by Gasteiger charge is -2.36. The average Bonchev–Trinajstić information content (AvgIpc) is 2.60. The van der Waals surface area contributed by atoms with Gasteiger partial charge < -0.3 is 15.1 Å². The van der Waals surface area contributed by atoms with Crippen molar-refractivity contribution in [3.8, 4) is 0 Å². The standard InChI is InChI=1S/C15H21N3O4S/c1-2-23(21,22)15(20)16-12-14(19)18-10-8-17(9-11-18)13-6-4-3-5-7-13/h3-7H,2,8-12H2,1H3,(H,16,20). The van der Waals surface area contributed by atoms with Crippen molar-refractivity contribution >= 4 is 26.7 Å². The number of para-hydroxylation sites is 1. The lowest BCUT2D eigenvalue weighted by Crippen LogP contribution is -2.51. The van der Waals surface area contributed by atoms with Gasteiger partial charge in [-0.2, -0.15) is 0 Å². The van der Waals surface area contributed by atoms with Crippen molar-refractivity contribution in [2.75, 3.05) is 43.4 Å².